The maximum absolute atomic E-state index is 13.7. The topological polar surface area (TPSA) is 224 Å². The molecular weight excluding hydrogens is 1500 g/mol. The van der Waals surface area contributed by atoms with Crippen LogP contribution >= 0.6 is 0 Å². The third kappa shape index (κ3) is 13.7. The van der Waals surface area contributed by atoms with E-state index >= 15 is 0 Å². The van der Waals surface area contributed by atoms with Crippen molar-refractivity contribution in [1.29, 1.82) is 0 Å². The molecule has 120 heavy (non-hydrogen) atoms. The standard InChI is InChI=1S/C39H42N2O4.C34H36N2O4.C29H30N2O4/c1-5-22-14-20(15-23(6-2)34(22)40-36(42)30-26-9-10-27(18-26)31(30)37(40)43)13-21-16-24(7-3)35(25(8-4)17-21)41-38(44)32-28-11-12-29(19-28)33(32)39(41)45;1-5-21-14-19(15-22(6-2)31(21)35-27(37)11-12-28(35)38)13-20-16-23(7-3)32(24(8-4)17-20)36-33(39)29-25-9-10-26(18-25)30(29)34(36)40;1-5-20-14-18(15-21(6-2)28(20)30-24(32)9-10-25(30)33)13-19-16-22(7-3)29(23(8-4)17-19)31-26(34)11-12-27(31)35/h9-12,14-17,26-33H,5-8,13,18-19H2,1-4H3;9-12,14-17,25-26,29-30H,5-8,13,18H2,1-4H3;9-12,14-17H,5-8,13H2,1-4H3. The van der Waals surface area contributed by atoms with Crippen LogP contribution < -0.4 is 29.4 Å². The maximum Gasteiger partial charge on any atom is 0.258 e. The average molecular weight is 1610 g/mol. The maximum atomic E-state index is 13.7. The SMILES string of the molecule is CCc1cc(Cc2cc(CC)c(N3C(=O)C4C5C=CC(C5)C4C3=O)c(CC)c2)cc(CC)c1N1C(=O)C2C3C=CC(C3)C2C1=O.CCc1cc(Cc2cc(CC)c(N3C(=O)C4C5C=CC(C5)C4C3=O)c(CC)c2)cc(CC)c1N1C(=O)C=CC1=O.CCc1cc(Cc2cc(CC)c(N3C(=O)C=CC3=O)c(CC)c2)cc(CC)c1N1C(=O)C=CC1=O. The van der Waals surface area contributed by atoms with Gasteiger partial charge in [-0.05, 0) is 251 Å². The molecule has 0 spiro atoms. The first-order chi connectivity index (χ1) is 57.9. The number of nitrogens with zero attached hydrogens (tertiary/aromatic N) is 6. The molecule has 18 heteroatoms. The van der Waals surface area contributed by atoms with Gasteiger partial charge in [0.2, 0.25) is 35.4 Å². The summed E-state index contributed by atoms with van der Waals surface area (Å²) in [5, 5.41) is 0. The van der Waals surface area contributed by atoms with Crippen molar-refractivity contribution in [3.05, 3.63) is 246 Å². The molecule has 12 unspecified atom stereocenters. The number of imide groups is 6. The lowest BCUT2D eigenvalue weighted by Crippen LogP contribution is -2.34. The Morgan fingerprint density at radius 1 is 0.200 bits per heavy atom. The minimum Gasteiger partial charge on any atom is -0.274 e. The lowest BCUT2D eigenvalue weighted by molar-refractivity contribution is -0.124. The average Bonchev–Trinajstić information content (AvgIpc) is 1.57. The first kappa shape index (κ1) is 82.3. The van der Waals surface area contributed by atoms with Crippen LogP contribution in [-0.2, 0) is 154 Å². The number of allylic oxidation sites excluding steroid dienone is 6. The second-order valence-electron chi connectivity index (χ2n) is 34.4. The molecule has 18 nitrogen and oxygen atoms in total. The van der Waals surface area contributed by atoms with Crippen LogP contribution in [0.5, 0.6) is 0 Å². The summed E-state index contributed by atoms with van der Waals surface area (Å²) in [6.45, 7) is 24.7. The van der Waals surface area contributed by atoms with E-state index in [2.05, 4.69) is 151 Å². The molecule has 12 aliphatic rings. The van der Waals surface area contributed by atoms with Crippen molar-refractivity contribution in [2.45, 2.75) is 199 Å². The van der Waals surface area contributed by atoms with Crippen LogP contribution in [0.15, 0.2) is 146 Å². The van der Waals surface area contributed by atoms with Crippen LogP contribution in [0, 0.1) is 71.0 Å². The Morgan fingerprint density at radius 2 is 0.325 bits per heavy atom. The smallest absolute Gasteiger partial charge is 0.258 e. The van der Waals surface area contributed by atoms with Crippen LogP contribution in [0.4, 0.5) is 34.1 Å². The number of hydrogen-bond donors (Lipinski definition) is 0. The number of anilines is 6. The summed E-state index contributed by atoms with van der Waals surface area (Å²) in [5.74, 6) is -2.03. The quantitative estimate of drug-likeness (QED) is 0.0407. The summed E-state index contributed by atoms with van der Waals surface area (Å²) in [4.78, 5) is 165. The molecular formula is C102H108N6O12. The summed E-state index contributed by atoms with van der Waals surface area (Å²) in [7, 11) is 0. The molecule has 3 saturated carbocycles. The van der Waals surface area contributed by atoms with E-state index < -0.39 is 0 Å². The molecule has 6 aromatic carbocycles. The van der Waals surface area contributed by atoms with Crippen LogP contribution in [0.3, 0.4) is 0 Å². The van der Waals surface area contributed by atoms with E-state index in [0.717, 1.165) is 175 Å². The van der Waals surface area contributed by atoms with E-state index in [1.807, 2.05) is 41.5 Å². The molecule has 12 amide bonds. The largest absolute Gasteiger partial charge is 0.274 e. The minimum atomic E-state index is -0.302. The summed E-state index contributed by atoms with van der Waals surface area (Å²) in [5.41, 5.74) is 23.3. The van der Waals surface area contributed by atoms with Gasteiger partial charge in [-0.2, -0.15) is 0 Å². The fourth-order valence-corrected chi connectivity index (χ4v) is 22.5. The molecule has 6 aliphatic heterocycles. The molecule has 6 heterocycles. The van der Waals surface area contributed by atoms with E-state index in [-0.39, 0.29) is 142 Å². The fourth-order valence-electron chi connectivity index (χ4n) is 22.5. The monoisotopic (exact) mass is 1610 g/mol. The first-order valence-corrected chi connectivity index (χ1v) is 44.2. The van der Waals surface area contributed by atoms with Gasteiger partial charge in [-0.1, -0.05) is 192 Å². The molecule has 6 aliphatic carbocycles. The van der Waals surface area contributed by atoms with Gasteiger partial charge >= 0.3 is 0 Å². The zero-order valence-electron chi connectivity index (χ0n) is 71.1. The van der Waals surface area contributed by atoms with Gasteiger partial charge in [0.25, 0.3) is 35.4 Å². The van der Waals surface area contributed by atoms with Crippen LogP contribution in [0.2, 0.25) is 0 Å². The summed E-state index contributed by atoms with van der Waals surface area (Å²) in [6.07, 6.45) is 34.2. The van der Waals surface area contributed by atoms with Gasteiger partial charge in [-0.3, -0.25) is 57.5 Å². The van der Waals surface area contributed by atoms with E-state index in [9.17, 15) is 57.5 Å². The molecule has 6 aromatic rings. The predicted molar refractivity (Wildman–Crippen MR) is 465 cm³/mol. The van der Waals surface area contributed by atoms with Crippen molar-refractivity contribution < 1.29 is 57.5 Å². The van der Waals surface area contributed by atoms with Gasteiger partial charge in [-0.25, -0.2) is 29.4 Å². The summed E-state index contributed by atoms with van der Waals surface area (Å²) in [6, 6.07) is 25.6. The molecule has 6 fully saturated rings. The van der Waals surface area contributed by atoms with Crippen LogP contribution in [0.1, 0.15) is 202 Å². The van der Waals surface area contributed by atoms with Crippen molar-refractivity contribution in [2.24, 2.45) is 71.0 Å². The van der Waals surface area contributed by atoms with Crippen molar-refractivity contribution in [2.75, 3.05) is 29.4 Å². The number of aryl methyl sites for hydroxylation is 12. The zero-order valence-corrected chi connectivity index (χ0v) is 71.1. The Hall–Kier alpha value is -11.4. The lowest BCUT2D eigenvalue weighted by atomic mass is 9.85. The lowest BCUT2D eigenvalue weighted by Gasteiger charge is -2.25. The van der Waals surface area contributed by atoms with Gasteiger partial charge in [0.1, 0.15) is 0 Å². The number of fused-ring (bicyclic) bond motifs is 15. The highest BCUT2D eigenvalue weighted by Gasteiger charge is 2.63. The molecule has 0 radical (unpaired) electrons. The number of amides is 12. The third-order valence-electron chi connectivity index (χ3n) is 27.9. The highest BCUT2D eigenvalue weighted by molar-refractivity contribution is 6.31. The number of rotatable bonds is 24. The van der Waals surface area contributed by atoms with Gasteiger partial charge < -0.3 is 0 Å². The van der Waals surface area contributed by atoms with Crippen molar-refractivity contribution in [3.8, 4) is 0 Å². The highest BCUT2D eigenvalue weighted by atomic mass is 16.2. The second kappa shape index (κ2) is 33.0. The van der Waals surface area contributed by atoms with Gasteiger partial charge in [0.15, 0.2) is 0 Å². The number of carbonyl (C=O) groups is 12. The van der Waals surface area contributed by atoms with Crippen molar-refractivity contribution >= 4 is 105 Å². The van der Waals surface area contributed by atoms with Gasteiger partial charge in [0, 0.05) is 36.5 Å². The van der Waals surface area contributed by atoms with Crippen molar-refractivity contribution in [1.82, 2.24) is 0 Å². The van der Waals surface area contributed by atoms with E-state index in [0.29, 0.717) is 74.8 Å². The summed E-state index contributed by atoms with van der Waals surface area (Å²) >= 11 is 0. The molecule has 18 rings (SSSR count). The molecule has 0 N–H and O–H groups in total. The second-order valence-corrected chi connectivity index (χ2v) is 34.4. The molecule has 3 saturated heterocycles. The summed E-state index contributed by atoms with van der Waals surface area (Å²) < 4.78 is 0. The predicted octanol–water partition coefficient (Wildman–Crippen LogP) is 15.8. The zero-order chi connectivity index (χ0) is 84.9. The highest BCUT2D eigenvalue weighted by Crippen LogP contribution is 2.57. The Balaban J connectivity index is 0.000000135. The van der Waals surface area contributed by atoms with Crippen LogP contribution in [0.25, 0.3) is 0 Å². The van der Waals surface area contributed by atoms with Gasteiger partial charge in [0.05, 0.1) is 69.6 Å². The molecule has 618 valence electrons. The van der Waals surface area contributed by atoms with E-state index in [1.54, 1.807) is 9.80 Å². The molecule has 0 aromatic heterocycles. The Bertz CT molecular complexity index is 5110. The Kier molecular flexibility index (Phi) is 22.6. The normalized spacial score (nSPS) is 24.8. The van der Waals surface area contributed by atoms with Gasteiger partial charge in [-0.15, -0.1) is 0 Å². The fraction of sp³-hybridized carbons (Fsp3) is 0.412. The number of benzene rings is 6. The van der Waals surface area contributed by atoms with Crippen molar-refractivity contribution in [3.63, 3.8) is 0 Å². The first-order valence-electron chi connectivity index (χ1n) is 44.2. The molecule has 6 bridgehead atoms. The van der Waals surface area contributed by atoms with Crippen LogP contribution in [-0.4, -0.2) is 70.9 Å². The van der Waals surface area contributed by atoms with E-state index in [1.165, 1.54) is 56.1 Å². The third-order valence-corrected chi connectivity index (χ3v) is 27.9. The Morgan fingerprint density at radius 3 is 0.450 bits per heavy atom. The van der Waals surface area contributed by atoms with E-state index in [4.69, 9.17) is 0 Å². The Labute approximate surface area is 703 Å². The molecule has 12 atom stereocenters. The minimum absolute atomic E-state index is 0.0197. The number of carbonyl (C=O) groups excluding carboxylic acids is 12. The number of hydrogen-bond acceptors (Lipinski definition) is 12.